The molecule has 0 saturated carbocycles. The summed E-state index contributed by atoms with van der Waals surface area (Å²) in [6.45, 7) is 20.8. The third kappa shape index (κ3) is 3.06. The van der Waals surface area contributed by atoms with Gasteiger partial charge >= 0.3 is 0 Å². The molecular formula is C28H35N. The van der Waals surface area contributed by atoms with E-state index in [1.807, 2.05) is 0 Å². The number of fused-ring (bicyclic) bond motifs is 3. The minimum Gasteiger partial charge on any atom is -0.312 e. The Hall–Kier alpha value is -2.28. The topological polar surface area (TPSA) is 4.93 Å². The Bertz CT molecular complexity index is 1110. The number of rotatable bonds is 1. The first-order valence-corrected chi connectivity index (χ1v) is 10.9. The predicted octanol–water partition coefficient (Wildman–Crippen LogP) is 8.14. The lowest BCUT2D eigenvalue weighted by atomic mass is 9.80. The first-order valence-electron chi connectivity index (χ1n) is 10.9. The molecule has 1 nitrogen and oxygen atoms in total. The molecule has 1 unspecified atom stereocenters. The fourth-order valence-corrected chi connectivity index (χ4v) is 4.68. The zero-order chi connectivity index (χ0) is 21.3. The number of hydrogen-bond donors (Lipinski definition) is 0. The summed E-state index contributed by atoms with van der Waals surface area (Å²) in [7, 11) is 0. The quantitative estimate of drug-likeness (QED) is 0.398. The third-order valence-corrected chi connectivity index (χ3v) is 6.85. The summed E-state index contributed by atoms with van der Waals surface area (Å²) in [5, 5.41) is 1.38. The average Bonchev–Trinajstić information content (AvgIpc) is 3.09. The van der Waals surface area contributed by atoms with Crippen molar-refractivity contribution < 1.29 is 0 Å². The summed E-state index contributed by atoms with van der Waals surface area (Å²) in [5.74, 6) is 0.439. The van der Waals surface area contributed by atoms with Crippen LogP contribution in [-0.2, 0) is 10.8 Å². The Morgan fingerprint density at radius 3 is 1.90 bits per heavy atom. The highest BCUT2D eigenvalue weighted by Gasteiger charge is 2.31. The molecule has 0 fully saturated rings. The number of allylic oxidation sites excluding steroid dienone is 2. The van der Waals surface area contributed by atoms with Crippen molar-refractivity contribution in [3.05, 3.63) is 70.4 Å². The lowest BCUT2D eigenvalue weighted by Gasteiger charge is -2.27. The minimum absolute atomic E-state index is 0.109. The van der Waals surface area contributed by atoms with Gasteiger partial charge in [0, 0.05) is 28.2 Å². The van der Waals surface area contributed by atoms with E-state index in [1.54, 1.807) is 0 Å². The van der Waals surface area contributed by atoms with E-state index in [2.05, 4.69) is 109 Å². The van der Waals surface area contributed by atoms with Crippen LogP contribution < -0.4 is 0 Å². The summed E-state index contributed by atoms with van der Waals surface area (Å²) in [6, 6.07) is 16.2. The van der Waals surface area contributed by atoms with Gasteiger partial charge in [-0.15, -0.1) is 0 Å². The molecule has 1 aliphatic carbocycles. The molecule has 0 aliphatic heterocycles. The molecule has 1 aliphatic rings. The van der Waals surface area contributed by atoms with Crippen LogP contribution in [0.2, 0.25) is 0 Å². The summed E-state index contributed by atoms with van der Waals surface area (Å²) in [6.07, 6.45) is 0. The van der Waals surface area contributed by atoms with Crippen molar-refractivity contribution in [1.29, 1.82) is 0 Å². The maximum Gasteiger partial charge on any atom is 0.0538 e. The Balaban J connectivity index is 2.11. The van der Waals surface area contributed by atoms with Crippen molar-refractivity contribution >= 4 is 16.5 Å². The van der Waals surface area contributed by atoms with Gasteiger partial charge < -0.3 is 4.57 Å². The first kappa shape index (κ1) is 20.0. The second kappa shape index (κ2) is 6.36. The largest absolute Gasteiger partial charge is 0.312 e. The van der Waals surface area contributed by atoms with Gasteiger partial charge in [0.05, 0.1) is 5.52 Å². The molecule has 0 amide bonds. The van der Waals surface area contributed by atoms with E-state index < -0.39 is 0 Å². The van der Waals surface area contributed by atoms with Crippen LogP contribution in [0.15, 0.2) is 48.0 Å². The number of benzene rings is 2. The normalized spacial score (nSPS) is 17.3. The number of nitrogens with zero attached hydrogens (tertiary/aromatic N) is 1. The Morgan fingerprint density at radius 2 is 1.34 bits per heavy atom. The SMILES string of the molecule is CC1=C(C)C(C)c2c1c1ccccc1n2-c1cc(C(C)(C)C)cc(C(C)(C)C)c1. The van der Waals surface area contributed by atoms with E-state index >= 15 is 0 Å². The summed E-state index contributed by atoms with van der Waals surface area (Å²) in [4.78, 5) is 0. The number of aromatic nitrogens is 1. The average molecular weight is 386 g/mol. The summed E-state index contributed by atoms with van der Waals surface area (Å²) < 4.78 is 2.54. The van der Waals surface area contributed by atoms with Gasteiger partial charge in [-0.3, -0.25) is 0 Å². The summed E-state index contributed by atoms with van der Waals surface area (Å²) >= 11 is 0. The second-order valence-electron chi connectivity index (χ2n) is 10.9. The molecule has 0 saturated heterocycles. The van der Waals surface area contributed by atoms with Gasteiger partial charge in [-0.2, -0.15) is 0 Å². The first-order chi connectivity index (χ1) is 13.4. The van der Waals surface area contributed by atoms with Gasteiger partial charge in [0.25, 0.3) is 0 Å². The van der Waals surface area contributed by atoms with Crippen LogP contribution in [0.3, 0.4) is 0 Å². The fourth-order valence-electron chi connectivity index (χ4n) is 4.68. The molecule has 0 bridgehead atoms. The van der Waals surface area contributed by atoms with Crippen LogP contribution in [0.4, 0.5) is 0 Å². The highest BCUT2D eigenvalue weighted by atomic mass is 15.0. The molecule has 1 heteroatoms. The molecule has 1 heterocycles. The zero-order valence-corrected chi connectivity index (χ0v) is 19.6. The Kier molecular flexibility index (Phi) is 4.39. The van der Waals surface area contributed by atoms with E-state index in [0.29, 0.717) is 5.92 Å². The Labute approximate surface area is 176 Å². The van der Waals surface area contributed by atoms with E-state index in [0.717, 1.165) is 0 Å². The highest BCUT2D eigenvalue weighted by molar-refractivity contribution is 5.99. The van der Waals surface area contributed by atoms with Crippen LogP contribution in [0, 0.1) is 0 Å². The Morgan fingerprint density at radius 1 is 0.793 bits per heavy atom. The van der Waals surface area contributed by atoms with Crippen molar-refractivity contribution in [2.75, 3.05) is 0 Å². The van der Waals surface area contributed by atoms with Crippen molar-refractivity contribution in [2.24, 2.45) is 0 Å². The van der Waals surface area contributed by atoms with Gasteiger partial charge in [-0.25, -0.2) is 0 Å². The molecule has 0 spiro atoms. The van der Waals surface area contributed by atoms with Crippen LogP contribution in [0.5, 0.6) is 0 Å². The van der Waals surface area contributed by atoms with Crippen LogP contribution in [0.25, 0.3) is 22.2 Å². The van der Waals surface area contributed by atoms with Crippen LogP contribution >= 0.6 is 0 Å². The lowest BCUT2D eigenvalue weighted by Crippen LogP contribution is -2.17. The third-order valence-electron chi connectivity index (χ3n) is 6.85. The summed E-state index contributed by atoms with van der Waals surface area (Å²) in [5.41, 5.74) is 11.5. The van der Waals surface area contributed by atoms with Gasteiger partial charge in [-0.05, 0) is 59.6 Å². The highest BCUT2D eigenvalue weighted by Crippen LogP contribution is 2.48. The van der Waals surface area contributed by atoms with Gasteiger partial charge in [0.2, 0.25) is 0 Å². The number of para-hydroxylation sites is 1. The molecule has 1 atom stereocenters. The minimum atomic E-state index is 0.109. The standard InChI is InChI=1S/C28H35N/c1-17-18(2)25-23-12-10-11-13-24(23)29(26(25)19(17)3)22-15-20(27(4,5)6)14-21(16-22)28(7,8)9/h10-16,19H,1-9H3. The molecule has 0 radical (unpaired) electrons. The number of hydrogen-bond acceptors (Lipinski definition) is 0. The molecule has 0 N–H and O–H groups in total. The molecule has 29 heavy (non-hydrogen) atoms. The lowest BCUT2D eigenvalue weighted by molar-refractivity contribution is 0.567. The van der Waals surface area contributed by atoms with Crippen molar-refractivity contribution in [2.45, 2.75) is 79.1 Å². The van der Waals surface area contributed by atoms with E-state index in [-0.39, 0.29) is 10.8 Å². The molecule has 1 aromatic heterocycles. The van der Waals surface area contributed by atoms with Crippen molar-refractivity contribution in [3.8, 4) is 5.69 Å². The van der Waals surface area contributed by atoms with E-state index in [4.69, 9.17) is 0 Å². The van der Waals surface area contributed by atoms with E-state index in [9.17, 15) is 0 Å². The fraction of sp³-hybridized carbons (Fsp3) is 0.429. The maximum atomic E-state index is 2.54. The van der Waals surface area contributed by atoms with Gasteiger partial charge in [-0.1, -0.05) is 78.3 Å². The van der Waals surface area contributed by atoms with Crippen molar-refractivity contribution in [3.63, 3.8) is 0 Å². The van der Waals surface area contributed by atoms with Crippen LogP contribution in [-0.4, -0.2) is 4.57 Å². The monoisotopic (exact) mass is 385 g/mol. The van der Waals surface area contributed by atoms with Gasteiger partial charge in [0.1, 0.15) is 0 Å². The second-order valence-corrected chi connectivity index (χ2v) is 10.9. The molecule has 2 aromatic carbocycles. The molecule has 152 valence electrons. The zero-order valence-electron chi connectivity index (χ0n) is 19.6. The maximum absolute atomic E-state index is 2.54. The molecule has 3 aromatic rings. The van der Waals surface area contributed by atoms with E-state index in [1.165, 1.54) is 50.1 Å². The predicted molar refractivity (Wildman–Crippen MR) is 127 cm³/mol. The molecule has 4 rings (SSSR count). The smallest absolute Gasteiger partial charge is 0.0538 e. The molecular weight excluding hydrogens is 350 g/mol. The van der Waals surface area contributed by atoms with Crippen molar-refractivity contribution in [1.82, 2.24) is 4.57 Å². The van der Waals surface area contributed by atoms with Crippen LogP contribution in [0.1, 0.15) is 90.6 Å². The van der Waals surface area contributed by atoms with Gasteiger partial charge in [0.15, 0.2) is 0 Å².